The number of fused-ring (bicyclic) bond motifs is 1. The maximum Gasteiger partial charge on any atom is 0.213 e. The van der Waals surface area contributed by atoms with Crippen molar-refractivity contribution in [2.24, 2.45) is 11.1 Å². The average molecular weight is 276 g/mol. The van der Waals surface area contributed by atoms with Crippen LogP contribution in [0.5, 0.6) is 0 Å². The van der Waals surface area contributed by atoms with Gasteiger partial charge < -0.3 is 5.73 Å². The molecule has 4 nitrogen and oxygen atoms in total. The van der Waals surface area contributed by atoms with Crippen molar-refractivity contribution in [1.29, 1.82) is 0 Å². The first kappa shape index (κ1) is 12.8. The Kier molecular flexibility index (Phi) is 2.80. The lowest BCUT2D eigenvalue weighted by atomic mass is 9.74. The smallest absolute Gasteiger partial charge is 0.213 e. The number of nitrogens with zero attached hydrogens (tertiary/aromatic N) is 3. The standard InChI is InChI=1S/C14H20N4S/c1-8-5-10-11(15)6-14(3,4)7-12(10)18(8)13-16-9(2)17-19-13/h5,11H,6-7,15H2,1-4H3. The molecule has 1 atom stereocenters. The summed E-state index contributed by atoms with van der Waals surface area (Å²) >= 11 is 1.46. The lowest BCUT2D eigenvalue weighted by Gasteiger charge is -2.34. The molecule has 5 heteroatoms. The summed E-state index contributed by atoms with van der Waals surface area (Å²) in [7, 11) is 0. The van der Waals surface area contributed by atoms with Crippen molar-refractivity contribution in [2.45, 2.75) is 46.6 Å². The van der Waals surface area contributed by atoms with Crippen molar-refractivity contribution in [3.8, 4) is 5.13 Å². The fourth-order valence-corrected chi connectivity index (χ4v) is 3.85. The Bertz CT molecular complexity index is 623. The van der Waals surface area contributed by atoms with Crippen LogP contribution in [0, 0.1) is 19.3 Å². The summed E-state index contributed by atoms with van der Waals surface area (Å²) in [6, 6.07) is 2.35. The number of hydrogen-bond donors (Lipinski definition) is 1. The molecule has 1 aliphatic carbocycles. The van der Waals surface area contributed by atoms with Crippen LogP contribution in [0.3, 0.4) is 0 Å². The van der Waals surface area contributed by atoms with Gasteiger partial charge in [0.2, 0.25) is 5.13 Å². The van der Waals surface area contributed by atoms with E-state index in [4.69, 9.17) is 5.73 Å². The molecule has 3 rings (SSSR count). The Hall–Kier alpha value is -1.20. The van der Waals surface area contributed by atoms with Gasteiger partial charge >= 0.3 is 0 Å². The third-order valence-corrected chi connectivity index (χ3v) is 4.64. The van der Waals surface area contributed by atoms with Crippen molar-refractivity contribution >= 4 is 11.5 Å². The Labute approximate surface area is 117 Å². The molecule has 0 amide bonds. The van der Waals surface area contributed by atoms with Crippen LogP contribution in [-0.4, -0.2) is 13.9 Å². The van der Waals surface area contributed by atoms with Crippen molar-refractivity contribution < 1.29 is 0 Å². The largest absolute Gasteiger partial charge is 0.324 e. The molecule has 0 radical (unpaired) electrons. The van der Waals surface area contributed by atoms with Gasteiger partial charge in [0, 0.05) is 29.0 Å². The first-order chi connectivity index (χ1) is 8.87. The van der Waals surface area contributed by atoms with E-state index >= 15 is 0 Å². The van der Waals surface area contributed by atoms with Gasteiger partial charge in [-0.2, -0.15) is 4.37 Å². The summed E-state index contributed by atoms with van der Waals surface area (Å²) < 4.78 is 6.53. The molecule has 0 fully saturated rings. The second-order valence-electron chi connectivity index (χ2n) is 6.30. The molecule has 2 N–H and O–H groups in total. The van der Waals surface area contributed by atoms with Crippen LogP contribution in [0.4, 0.5) is 0 Å². The topological polar surface area (TPSA) is 56.7 Å². The molecule has 0 saturated carbocycles. The zero-order valence-corrected chi connectivity index (χ0v) is 12.7. The van der Waals surface area contributed by atoms with Crippen LogP contribution in [0.2, 0.25) is 0 Å². The van der Waals surface area contributed by atoms with Crippen molar-refractivity contribution in [2.75, 3.05) is 0 Å². The van der Waals surface area contributed by atoms with E-state index in [0.29, 0.717) is 0 Å². The summed E-state index contributed by atoms with van der Waals surface area (Å²) in [6.07, 6.45) is 2.08. The first-order valence-electron chi connectivity index (χ1n) is 6.65. The maximum atomic E-state index is 6.34. The van der Waals surface area contributed by atoms with Crippen LogP contribution >= 0.6 is 11.5 Å². The molecule has 0 bridgehead atoms. The molecule has 2 heterocycles. The fraction of sp³-hybridized carbons (Fsp3) is 0.571. The minimum absolute atomic E-state index is 0.132. The normalized spacial score (nSPS) is 21.4. The van der Waals surface area contributed by atoms with E-state index < -0.39 is 0 Å². The Morgan fingerprint density at radius 3 is 2.79 bits per heavy atom. The number of aryl methyl sites for hydroxylation is 2. The Morgan fingerprint density at radius 1 is 1.42 bits per heavy atom. The quantitative estimate of drug-likeness (QED) is 0.871. The molecule has 0 aliphatic heterocycles. The minimum Gasteiger partial charge on any atom is -0.324 e. The fourth-order valence-electron chi connectivity index (χ4n) is 3.09. The summed E-state index contributed by atoms with van der Waals surface area (Å²) in [5.41, 5.74) is 10.4. The van der Waals surface area contributed by atoms with E-state index in [1.807, 2.05) is 6.92 Å². The number of hydrogen-bond acceptors (Lipinski definition) is 4. The maximum absolute atomic E-state index is 6.34. The van der Waals surface area contributed by atoms with E-state index in [9.17, 15) is 0 Å². The molecular weight excluding hydrogens is 256 g/mol. The highest BCUT2D eigenvalue weighted by Crippen LogP contribution is 2.41. The predicted octanol–water partition coefficient (Wildman–Crippen LogP) is 2.92. The Morgan fingerprint density at radius 2 is 2.16 bits per heavy atom. The molecule has 102 valence electrons. The van der Waals surface area contributed by atoms with Gasteiger partial charge in [0.05, 0.1) is 0 Å². The molecule has 0 aromatic carbocycles. The van der Waals surface area contributed by atoms with Gasteiger partial charge in [0.15, 0.2) is 0 Å². The summed E-state index contributed by atoms with van der Waals surface area (Å²) in [6.45, 7) is 8.62. The molecule has 0 spiro atoms. The van der Waals surface area contributed by atoms with Gasteiger partial charge in [-0.05, 0) is 43.7 Å². The first-order valence-corrected chi connectivity index (χ1v) is 7.42. The van der Waals surface area contributed by atoms with E-state index in [0.717, 1.165) is 23.8 Å². The van der Waals surface area contributed by atoms with Gasteiger partial charge in [0.25, 0.3) is 0 Å². The SMILES string of the molecule is Cc1nsc(-n2c(C)cc3c2CC(C)(C)CC3N)n1. The third-order valence-electron chi connectivity index (χ3n) is 3.85. The van der Waals surface area contributed by atoms with Gasteiger partial charge in [-0.15, -0.1) is 0 Å². The molecule has 1 aliphatic rings. The molecule has 2 aromatic heterocycles. The van der Waals surface area contributed by atoms with Gasteiger partial charge in [-0.25, -0.2) is 4.98 Å². The van der Waals surface area contributed by atoms with Crippen molar-refractivity contribution in [1.82, 2.24) is 13.9 Å². The molecule has 0 saturated heterocycles. The van der Waals surface area contributed by atoms with Gasteiger partial charge in [-0.1, -0.05) is 13.8 Å². The molecule has 2 aromatic rings. The second-order valence-corrected chi connectivity index (χ2v) is 7.03. The molecule has 19 heavy (non-hydrogen) atoms. The lowest BCUT2D eigenvalue weighted by molar-refractivity contribution is 0.278. The third kappa shape index (κ3) is 2.11. The predicted molar refractivity (Wildman–Crippen MR) is 77.7 cm³/mol. The lowest BCUT2D eigenvalue weighted by Crippen LogP contribution is -2.30. The molecule has 1 unspecified atom stereocenters. The van der Waals surface area contributed by atoms with E-state index in [1.54, 1.807) is 0 Å². The van der Waals surface area contributed by atoms with Crippen LogP contribution in [0.1, 0.15) is 49.1 Å². The van der Waals surface area contributed by atoms with Crippen LogP contribution in [0.15, 0.2) is 6.07 Å². The van der Waals surface area contributed by atoms with E-state index in [1.165, 1.54) is 28.5 Å². The number of nitrogens with two attached hydrogens (primary N) is 1. The van der Waals surface area contributed by atoms with Crippen molar-refractivity contribution in [3.63, 3.8) is 0 Å². The van der Waals surface area contributed by atoms with Crippen molar-refractivity contribution in [3.05, 3.63) is 28.8 Å². The van der Waals surface area contributed by atoms with Crippen LogP contribution < -0.4 is 5.73 Å². The van der Waals surface area contributed by atoms with Crippen LogP contribution in [0.25, 0.3) is 5.13 Å². The highest BCUT2D eigenvalue weighted by molar-refractivity contribution is 7.08. The monoisotopic (exact) mass is 276 g/mol. The minimum atomic E-state index is 0.132. The highest BCUT2D eigenvalue weighted by atomic mass is 32.1. The van der Waals surface area contributed by atoms with E-state index in [-0.39, 0.29) is 11.5 Å². The number of rotatable bonds is 1. The summed E-state index contributed by atoms with van der Waals surface area (Å²) in [5.74, 6) is 0.834. The average Bonchev–Trinajstić information content (AvgIpc) is 2.81. The Balaban J connectivity index is 2.17. The van der Waals surface area contributed by atoms with Gasteiger partial charge in [-0.3, -0.25) is 4.57 Å². The zero-order chi connectivity index (χ0) is 13.8. The highest BCUT2D eigenvalue weighted by Gasteiger charge is 2.34. The summed E-state index contributed by atoms with van der Waals surface area (Å²) in [5, 5.41) is 0.959. The number of aromatic nitrogens is 3. The van der Waals surface area contributed by atoms with Gasteiger partial charge in [0.1, 0.15) is 5.82 Å². The van der Waals surface area contributed by atoms with E-state index in [2.05, 4.69) is 40.8 Å². The van der Waals surface area contributed by atoms with Crippen LogP contribution in [-0.2, 0) is 6.42 Å². The zero-order valence-electron chi connectivity index (χ0n) is 11.9. The second kappa shape index (κ2) is 4.15. The molecular formula is C14H20N4S. The summed E-state index contributed by atoms with van der Waals surface area (Å²) in [4.78, 5) is 4.52.